The second kappa shape index (κ2) is 12.3. The number of hydrogen-bond donors (Lipinski definition) is 0. The smallest absolute Gasteiger partial charge is 0.340 e. The van der Waals surface area contributed by atoms with Gasteiger partial charge in [-0.1, -0.05) is 57.9 Å². The summed E-state index contributed by atoms with van der Waals surface area (Å²) in [6.07, 6.45) is 10.6. The SMILES string of the molecule is C/C(=C\CCC(C)(C)C1=CCC(COC(=O)c2ccc([C+]=O)cc2)C(COC(C)(C)C)C1)C(C)(C)C. The molecule has 0 bridgehead atoms. The van der Waals surface area contributed by atoms with Gasteiger partial charge in [-0.25, -0.2) is 4.79 Å². The molecule has 0 fully saturated rings. The standard InChI is InChI=1S/C32H47O4/c1-23(30(2,3)4)11-10-18-32(8,9)28-17-16-26(27(19-28)22-36-31(5,6)7)21-35-29(34)25-14-12-24(20-33)13-15-25/h11-15,17,26-27H,10,16,18-19,21-22H2,1-9H3/q+1/b23-11+. The van der Waals surface area contributed by atoms with E-state index >= 15 is 0 Å². The van der Waals surface area contributed by atoms with Crippen molar-refractivity contribution in [1.82, 2.24) is 0 Å². The minimum absolute atomic E-state index is 0.105. The van der Waals surface area contributed by atoms with Gasteiger partial charge in [0.1, 0.15) is 0 Å². The van der Waals surface area contributed by atoms with Crippen molar-refractivity contribution in [3.8, 4) is 0 Å². The lowest BCUT2D eigenvalue weighted by Gasteiger charge is -2.38. The van der Waals surface area contributed by atoms with Crippen LogP contribution < -0.4 is 0 Å². The van der Waals surface area contributed by atoms with Crippen LogP contribution in [0.1, 0.15) is 104 Å². The Morgan fingerprint density at radius 1 is 1.00 bits per heavy atom. The summed E-state index contributed by atoms with van der Waals surface area (Å²) < 4.78 is 11.9. The van der Waals surface area contributed by atoms with E-state index in [4.69, 9.17) is 9.47 Å². The monoisotopic (exact) mass is 495 g/mol. The van der Waals surface area contributed by atoms with E-state index in [1.165, 1.54) is 11.1 Å². The van der Waals surface area contributed by atoms with Gasteiger partial charge >= 0.3 is 12.3 Å². The van der Waals surface area contributed by atoms with Crippen LogP contribution in [0, 0.1) is 22.7 Å². The molecule has 1 aromatic carbocycles. The molecule has 0 amide bonds. The quantitative estimate of drug-likeness (QED) is 0.188. The number of hydrogen-bond acceptors (Lipinski definition) is 4. The predicted octanol–water partition coefficient (Wildman–Crippen LogP) is 7.87. The molecule has 36 heavy (non-hydrogen) atoms. The van der Waals surface area contributed by atoms with Crippen LogP contribution in [0.5, 0.6) is 0 Å². The number of carbonyl (C=O) groups excluding carboxylic acids is 2. The molecule has 198 valence electrons. The molecule has 1 aliphatic carbocycles. The Bertz CT molecular complexity index is 936. The summed E-state index contributed by atoms with van der Waals surface area (Å²) in [5, 5.41) is 0. The molecule has 1 aliphatic rings. The molecule has 0 N–H and O–H groups in total. The first kappa shape index (κ1) is 29.9. The van der Waals surface area contributed by atoms with Crippen molar-refractivity contribution < 1.29 is 19.1 Å². The third-order valence-electron chi connectivity index (χ3n) is 7.49. The normalized spacial score (nSPS) is 19.5. The fraction of sp³-hybridized carbons (Fsp3) is 0.625. The van der Waals surface area contributed by atoms with Gasteiger partial charge in [-0.3, -0.25) is 0 Å². The van der Waals surface area contributed by atoms with E-state index in [2.05, 4.69) is 74.5 Å². The summed E-state index contributed by atoms with van der Waals surface area (Å²) >= 11 is 0. The third-order valence-corrected chi connectivity index (χ3v) is 7.49. The van der Waals surface area contributed by atoms with Crippen LogP contribution in [-0.4, -0.2) is 31.1 Å². The highest BCUT2D eigenvalue weighted by molar-refractivity contribution is 5.90. The average Bonchev–Trinajstić information content (AvgIpc) is 2.80. The van der Waals surface area contributed by atoms with Crippen molar-refractivity contribution in [2.45, 2.75) is 93.6 Å². The summed E-state index contributed by atoms with van der Waals surface area (Å²) in [6, 6.07) is 6.39. The molecule has 4 nitrogen and oxygen atoms in total. The zero-order valence-electron chi connectivity index (χ0n) is 24.0. The van der Waals surface area contributed by atoms with Gasteiger partial charge in [0.2, 0.25) is 5.56 Å². The van der Waals surface area contributed by atoms with Crippen molar-refractivity contribution in [2.75, 3.05) is 13.2 Å². The molecule has 0 saturated carbocycles. The topological polar surface area (TPSA) is 52.6 Å². The van der Waals surface area contributed by atoms with Crippen molar-refractivity contribution in [1.29, 1.82) is 0 Å². The molecule has 4 heteroatoms. The Kier molecular flexibility index (Phi) is 10.2. The number of rotatable bonds is 10. The molecule has 0 heterocycles. The van der Waals surface area contributed by atoms with Crippen LogP contribution in [0.25, 0.3) is 0 Å². The number of esters is 1. The lowest BCUT2D eigenvalue weighted by atomic mass is 9.70. The van der Waals surface area contributed by atoms with Crippen LogP contribution in [0.2, 0.25) is 0 Å². The summed E-state index contributed by atoms with van der Waals surface area (Å²) in [6.45, 7) is 21.0. The molecule has 2 rings (SSSR count). The highest BCUT2D eigenvalue weighted by Gasteiger charge is 2.34. The Morgan fingerprint density at radius 3 is 2.19 bits per heavy atom. The van der Waals surface area contributed by atoms with Crippen LogP contribution in [0.4, 0.5) is 0 Å². The van der Waals surface area contributed by atoms with Gasteiger partial charge in [0.15, 0.2) is 0 Å². The molecule has 2 unspecified atom stereocenters. The lowest BCUT2D eigenvalue weighted by Crippen LogP contribution is -2.34. The highest BCUT2D eigenvalue weighted by atomic mass is 16.5. The molecule has 0 spiro atoms. The van der Waals surface area contributed by atoms with Crippen LogP contribution in [0.15, 0.2) is 47.6 Å². The van der Waals surface area contributed by atoms with Gasteiger partial charge < -0.3 is 9.47 Å². The Morgan fingerprint density at radius 2 is 1.64 bits per heavy atom. The van der Waals surface area contributed by atoms with Gasteiger partial charge in [0, 0.05) is 18.1 Å². The third kappa shape index (κ3) is 9.30. The predicted molar refractivity (Wildman–Crippen MR) is 148 cm³/mol. The first-order chi connectivity index (χ1) is 16.6. The van der Waals surface area contributed by atoms with Crippen LogP contribution >= 0.6 is 0 Å². The first-order valence-corrected chi connectivity index (χ1v) is 13.3. The van der Waals surface area contributed by atoms with E-state index in [0.29, 0.717) is 24.3 Å². The zero-order chi connectivity index (χ0) is 27.1. The van der Waals surface area contributed by atoms with E-state index in [-0.39, 0.29) is 34.2 Å². The number of carbonyl (C=O) groups is 1. The molecule has 2 atom stereocenters. The summed E-state index contributed by atoms with van der Waals surface area (Å²) in [5.41, 5.74) is 3.89. The van der Waals surface area contributed by atoms with E-state index in [1.807, 2.05) is 6.29 Å². The van der Waals surface area contributed by atoms with Gasteiger partial charge in [-0.15, -0.1) is 4.79 Å². The molecule has 1 aromatic rings. The maximum Gasteiger partial charge on any atom is 0.340 e. The van der Waals surface area contributed by atoms with E-state index < -0.39 is 0 Å². The fourth-order valence-corrected chi connectivity index (χ4v) is 4.38. The molecule has 0 aliphatic heterocycles. The van der Waals surface area contributed by atoms with Crippen molar-refractivity contribution in [2.24, 2.45) is 22.7 Å². The first-order valence-electron chi connectivity index (χ1n) is 13.3. The second-order valence-corrected chi connectivity index (χ2v) is 13.0. The largest absolute Gasteiger partial charge is 0.462 e. The molecule has 0 saturated heterocycles. The summed E-state index contributed by atoms with van der Waals surface area (Å²) in [5.74, 6) is 0.135. The molecule has 0 radical (unpaired) electrons. The maximum atomic E-state index is 12.6. The molecular weight excluding hydrogens is 448 g/mol. The summed E-state index contributed by atoms with van der Waals surface area (Å²) in [4.78, 5) is 23.4. The van der Waals surface area contributed by atoms with Crippen LogP contribution in [-0.2, 0) is 14.3 Å². The zero-order valence-corrected chi connectivity index (χ0v) is 24.0. The molecular formula is C32H47O4+. The van der Waals surface area contributed by atoms with E-state index in [1.54, 1.807) is 24.3 Å². The Hall–Kier alpha value is -2.29. The number of allylic oxidation sites excluding steroid dienone is 4. The Balaban J connectivity index is 2.09. The summed E-state index contributed by atoms with van der Waals surface area (Å²) in [7, 11) is 0. The minimum atomic E-state index is -0.362. The van der Waals surface area contributed by atoms with Gasteiger partial charge in [-0.2, -0.15) is 0 Å². The van der Waals surface area contributed by atoms with E-state index in [9.17, 15) is 9.59 Å². The second-order valence-electron chi connectivity index (χ2n) is 13.0. The molecule has 0 aromatic heterocycles. The van der Waals surface area contributed by atoms with Crippen LogP contribution in [0.3, 0.4) is 0 Å². The maximum absolute atomic E-state index is 12.6. The van der Waals surface area contributed by atoms with Gasteiger partial charge in [0.05, 0.1) is 36.5 Å². The van der Waals surface area contributed by atoms with Crippen molar-refractivity contribution >= 4 is 12.3 Å². The lowest BCUT2D eigenvalue weighted by molar-refractivity contribution is -0.0413. The Labute approximate surface area is 219 Å². The number of ether oxygens (including phenoxy) is 2. The van der Waals surface area contributed by atoms with Crippen molar-refractivity contribution in [3.63, 3.8) is 0 Å². The highest BCUT2D eigenvalue weighted by Crippen LogP contribution is 2.42. The van der Waals surface area contributed by atoms with E-state index in [0.717, 1.165) is 25.7 Å². The average molecular weight is 496 g/mol. The minimum Gasteiger partial charge on any atom is -0.462 e. The van der Waals surface area contributed by atoms with Crippen molar-refractivity contribution in [3.05, 3.63) is 58.7 Å². The van der Waals surface area contributed by atoms with Gasteiger partial charge in [-0.05, 0) is 70.1 Å². The fourth-order valence-electron chi connectivity index (χ4n) is 4.38. The number of benzene rings is 1. The van der Waals surface area contributed by atoms with Gasteiger partial charge in [0.25, 0.3) is 0 Å².